The fourth-order valence-electron chi connectivity index (χ4n) is 2.32. The predicted molar refractivity (Wildman–Crippen MR) is 120 cm³/mol. The first-order chi connectivity index (χ1) is 14.2. The van der Waals surface area contributed by atoms with E-state index in [1.807, 2.05) is 0 Å². The second-order valence-corrected chi connectivity index (χ2v) is 14.2. The Kier molecular flexibility index (Phi) is 6.03. The van der Waals surface area contributed by atoms with Crippen molar-refractivity contribution in [3.05, 3.63) is 102 Å². The molecular formula is C20H16Cl2F8S2. The van der Waals surface area contributed by atoms with E-state index in [1.165, 1.54) is 36.4 Å². The zero-order chi connectivity index (χ0) is 24.4. The SMILES string of the molecule is FS(F)(F)(F)(/C=C(/Cl)c1ccccc1)c1ccccc1.FS(F)(F)(F)(Cl)c1ccccc1. The molecule has 0 nitrogen and oxygen atoms in total. The average molecular weight is 543 g/mol. The Morgan fingerprint density at radius 2 is 0.906 bits per heavy atom. The highest BCUT2D eigenvalue weighted by Crippen LogP contribution is 3.04. The van der Waals surface area contributed by atoms with E-state index >= 15 is 0 Å². The molecule has 0 amide bonds. The summed E-state index contributed by atoms with van der Waals surface area (Å²) < 4.78 is 106. The fraction of sp³-hybridized carbons (Fsp3) is 0. The maximum atomic E-state index is 14.1. The van der Waals surface area contributed by atoms with Gasteiger partial charge in [-0.05, 0) is 29.8 Å². The molecule has 0 atom stereocenters. The van der Waals surface area contributed by atoms with Crippen molar-refractivity contribution in [1.82, 2.24) is 0 Å². The van der Waals surface area contributed by atoms with Gasteiger partial charge in [0.05, 0.1) is 20.2 Å². The lowest BCUT2D eigenvalue weighted by atomic mass is 10.2. The Morgan fingerprint density at radius 3 is 1.25 bits per heavy atom. The molecule has 0 bridgehead atoms. The van der Waals surface area contributed by atoms with Crippen LogP contribution in [0.15, 0.2) is 106 Å². The maximum absolute atomic E-state index is 14.1. The quantitative estimate of drug-likeness (QED) is 0.287. The van der Waals surface area contributed by atoms with Gasteiger partial charge in [0.2, 0.25) is 9.84 Å². The summed E-state index contributed by atoms with van der Waals surface area (Å²) in [7, 11) is -13.0. The minimum atomic E-state index is -8.55. The lowest BCUT2D eigenvalue weighted by Crippen LogP contribution is -2.10. The first-order valence-electron chi connectivity index (χ1n) is 8.49. The summed E-state index contributed by atoms with van der Waals surface area (Å²) in [5, 5.41) is -1.07. The Labute approximate surface area is 188 Å². The van der Waals surface area contributed by atoms with Crippen LogP contribution >= 0.6 is 41.2 Å². The van der Waals surface area contributed by atoms with Crippen LogP contribution in [-0.2, 0) is 0 Å². The highest BCUT2D eigenvalue weighted by atomic mass is 35.7. The minimum absolute atomic E-state index is 0.112. The number of halogens is 10. The van der Waals surface area contributed by atoms with E-state index in [0.717, 1.165) is 24.3 Å². The Morgan fingerprint density at radius 1 is 0.562 bits per heavy atom. The zero-order valence-corrected chi connectivity index (χ0v) is 19.0. The molecule has 0 aromatic heterocycles. The third-order valence-corrected chi connectivity index (χ3v) is 7.94. The van der Waals surface area contributed by atoms with Crippen LogP contribution in [0, 0.1) is 0 Å². The second-order valence-electron chi connectivity index (χ2n) is 6.56. The van der Waals surface area contributed by atoms with Gasteiger partial charge in [-0.2, -0.15) is 0 Å². The molecule has 0 saturated carbocycles. The highest BCUT2D eigenvalue weighted by molar-refractivity contribution is 8.65. The molecule has 0 radical (unpaired) electrons. The summed E-state index contributed by atoms with van der Waals surface area (Å²) in [6, 6.07) is 17.3. The van der Waals surface area contributed by atoms with Gasteiger partial charge >= 0.3 is 0 Å². The van der Waals surface area contributed by atoms with E-state index in [0.29, 0.717) is 24.3 Å². The summed E-state index contributed by atoms with van der Waals surface area (Å²) in [5.41, 5.74) is 0.112. The molecule has 0 N–H and O–H groups in total. The molecule has 0 heterocycles. The maximum Gasteiger partial charge on any atom is 0.253 e. The monoisotopic (exact) mass is 542 g/mol. The molecule has 0 unspecified atom stereocenters. The fourth-order valence-corrected chi connectivity index (χ4v) is 5.38. The smallest absolute Gasteiger partial charge is 0.117 e. The number of hydrogen-bond acceptors (Lipinski definition) is 0. The molecule has 3 aromatic carbocycles. The summed E-state index contributed by atoms with van der Waals surface area (Å²) in [5.74, 6) is 0. The average Bonchev–Trinajstić information content (AvgIpc) is 2.68. The van der Waals surface area contributed by atoms with Gasteiger partial charge in [-0.3, -0.25) is 0 Å². The van der Waals surface area contributed by atoms with Gasteiger partial charge < -0.3 is 0 Å². The Hall–Kier alpha value is -1.88. The number of hydrogen-bond donors (Lipinski definition) is 0. The molecule has 0 fully saturated rings. The van der Waals surface area contributed by atoms with Crippen LogP contribution in [0.2, 0.25) is 0 Å². The van der Waals surface area contributed by atoms with Crippen LogP contribution in [0.25, 0.3) is 5.03 Å². The Balaban J connectivity index is 0.000000258. The largest absolute Gasteiger partial charge is 0.253 e. The van der Waals surface area contributed by atoms with Gasteiger partial charge in [-0.1, -0.05) is 78.3 Å². The van der Waals surface area contributed by atoms with Crippen molar-refractivity contribution in [2.75, 3.05) is 0 Å². The lowest BCUT2D eigenvalue weighted by molar-refractivity contribution is 0.465. The molecule has 0 aliphatic carbocycles. The van der Waals surface area contributed by atoms with E-state index in [4.69, 9.17) is 11.6 Å². The van der Waals surface area contributed by atoms with E-state index in [1.54, 1.807) is 6.07 Å². The van der Waals surface area contributed by atoms with Crippen LogP contribution in [0.3, 0.4) is 0 Å². The van der Waals surface area contributed by atoms with Crippen molar-refractivity contribution in [2.45, 2.75) is 9.79 Å². The third-order valence-electron chi connectivity index (χ3n) is 3.81. The van der Waals surface area contributed by atoms with Gasteiger partial charge in [0.25, 0.3) is 9.05 Å². The molecule has 32 heavy (non-hydrogen) atoms. The topological polar surface area (TPSA) is 0 Å². The molecule has 0 saturated heterocycles. The first kappa shape index (κ1) is 26.4. The van der Waals surface area contributed by atoms with E-state index < -0.39 is 39.1 Å². The number of benzene rings is 3. The summed E-state index contributed by atoms with van der Waals surface area (Å²) >= 11 is 5.65. The third kappa shape index (κ3) is 7.33. The molecule has 0 spiro atoms. The summed E-state index contributed by atoms with van der Waals surface area (Å²) in [4.78, 5) is -2.74. The molecule has 12 heteroatoms. The molecule has 178 valence electrons. The van der Waals surface area contributed by atoms with Crippen LogP contribution in [-0.4, -0.2) is 0 Å². The predicted octanol–water partition coefficient (Wildman–Crippen LogP) is 11.3. The van der Waals surface area contributed by atoms with Crippen LogP contribution in [0.4, 0.5) is 31.1 Å². The van der Waals surface area contributed by atoms with E-state index in [-0.39, 0.29) is 5.56 Å². The molecule has 3 rings (SSSR count). The molecule has 0 aliphatic rings. The standard InChI is InChI=1S/C14H11ClF4S.C6H5ClF4S/c15-14(12-7-3-1-4-8-12)11-20(16,17,18,19)13-9-5-2-6-10-13;7-12(8,9,10,11)6-4-2-1-3-5-6/h1-11H;1-5H/b14-11+;. The number of rotatable bonds is 4. The van der Waals surface area contributed by atoms with Crippen LogP contribution in [0.5, 0.6) is 0 Å². The zero-order valence-electron chi connectivity index (χ0n) is 15.8. The van der Waals surface area contributed by atoms with Crippen molar-refractivity contribution in [2.24, 2.45) is 0 Å². The highest BCUT2D eigenvalue weighted by Gasteiger charge is 2.63. The molecule has 0 aliphatic heterocycles. The lowest BCUT2D eigenvalue weighted by Gasteiger charge is -2.47. The summed E-state index contributed by atoms with van der Waals surface area (Å²) in [6.07, 6.45) is 0. The van der Waals surface area contributed by atoms with Gasteiger partial charge in [-0.25, -0.2) is 0 Å². The van der Waals surface area contributed by atoms with Gasteiger partial charge in [-0.15, -0.1) is 31.1 Å². The first-order valence-corrected chi connectivity index (χ1v) is 13.9. The van der Waals surface area contributed by atoms with Crippen molar-refractivity contribution in [1.29, 1.82) is 0 Å². The second kappa shape index (κ2) is 7.31. The summed E-state index contributed by atoms with van der Waals surface area (Å²) in [6.45, 7) is 0. The van der Waals surface area contributed by atoms with Gasteiger partial charge in [0, 0.05) is 10.7 Å². The normalized spacial score (nSPS) is 17.0. The van der Waals surface area contributed by atoms with Crippen LogP contribution < -0.4 is 0 Å². The van der Waals surface area contributed by atoms with Crippen molar-refractivity contribution in [3.8, 4) is 0 Å². The van der Waals surface area contributed by atoms with E-state index in [2.05, 4.69) is 10.7 Å². The van der Waals surface area contributed by atoms with Crippen molar-refractivity contribution < 1.29 is 31.1 Å². The van der Waals surface area contributed by atoms with Crippen LogP contribution in [0.1, 0.15) is 5.56 Å². The molecule has 3 aromatic rings. The Bertz CT molecular complexity index is 1110. The van der Waals surface area contributed by atoms with E-state index in [9.17, 15) is 31.1 Å². The van der Waals surface area contributed by atoms with Crippen molar-refractivity contribution in [3.63, 3.8) is 0 Å². The van der Waals surface area contributed by atoms with Gasteiger partial charge in [0.1, 0.15) is 0 Å². The minimum Gasteiger partial charge on any atom is -0.117 e. The molecular weight excluding hydrogens is 527 g/mol. The van der Waals surface area contributed by atoms with Gasteiger partial charge in [0.15, 0.2) is 0 Å². The van der Waals surface area contributed by atoms with Crippen molar-refractivity contribution >= 4 is 46.2 Å².